The van der Waals surface area contributed by atoms with E-state index in [1.807, 2.05) is 12.1 Å². The molecule has 0 aliphatic carbocycles. The van der Waals surface area contributed by atoms with Crippen LogP contribution in [0.1, 0.15) is 50.8 Å². The van der Waals surface area contributed by atoms with Crippen molar-refractivity contribution in [2.45, 2.75) is 64.9 Å². The van der Waals surface area contributed by atoms with E-state index in [9.17, 15) is 9.90 Å². The first-order chi connectivity index (χ1) is 16.4. The number of aliphatic hydroxyl groups is 1. The summed E-state index contributed by atoms with van der Waals surface area (Å²) in [6, 6.07) is 12.8. The van der Waals surface area contributed by atoms with E-state index in [1.54, 1.807) is 28.6 Å². The molecule has 0 amide bonds. The molecule has 4 rings (SSSR count). The zero-order valence-electron chi connectivity index (χ0n) is 20.5. The van der Waals surface area contributed by atoms with Gasteiger partial charge in [-0.1, -0.05) is 38.1 Å². The maximum Gasteiger partial charge on any atom is 0.252 e. The molecule has 180 valence electrons. The molecule has 0 spiro atoms. The van der Waals surface area contributed by atoms with E-state index in [-0.39, 0.29) is 30.8 Å². The number of rotatable bonds is 7. The number of anilines is 1. The monoisotopic (exact) mass is 462 g/mol. The van der Waals surface area contributed by atoms with Crippen LogP contribution in [0, 0.1) is 11.3 Å². The number of hydrogen-bond donors (Lipinski definition) is 1. The van der Waals surface area contributed by atoms with Crippen molar-refractivity contribution in [2.24, 2.45) is 7.05 Å². The standard InChI is InChI=1S/C26H34N6O2/c1-5-21-15-32(23-13-25(34)29(4)24-16-30(11-10-27)28-26(23)24)22(6-2)14-31(21)18(3)20-9-7-8-19(12-20)17-33/h7-9,12-13,16,18,21-22,33H,5-6,11,14-15,17H2,1-4H3/t18-,21-,22+/m1/s1. The van der Waals surface area contributed by atoms with E-state index in [0.717, 1.165) is 48.2 Å². The van der Waals surface area contributed by atoms with Crippen LogP contribution in [0.5, 0.6) is 0 Å². The molecule has 0 saturated carbocycles. The molecule has 3 aromatic rings. The van der Waals surface area contributed by atoms with Gasteiger partial charge in [-0.05, 0) is 30.9 Å². The van der Waals surface area contributed by atoms with E-state index < -0.39 is 0 Å². The van der Waals surface area contributed by atoms with Crippen molar-refractivity contribution < 1.29 is 5.11 Å². The SMILES string of the molecule is CC[C@H]1CN([C@H](C)c2cccc(CO)c2)[C@H](CC)CN1c1cc(=O)n(C)c2cn(CC#N)nc12. The number of aryl methyl sites for hydroxylation is 1. The van der Waals surface area contributed by atoms with Gasteiger partial charge in [0.15, 0.2) is 0 Å². The van der Waals surface area contributed by atoms with Gasteiger partial charge in [-0.2, -0.15) is 10.4 Å². The van der Waals surface area contributed by atoms with Crippen molar-refractivity contribution >= 4 is 16.7 Å². The minimum atomic E-state index is -0.0708. The fourth-order valence-electron chi connectivity index (χ4n) is 5.21. The molecule has 1 aliphatic heterocycles. The van der Waals surface area contributed by atoms with Crippen LogP contribution in [0.4, 0.5) is 5.69 Å². The fourth-order valence-corrected chi connectivity index (χ4v) is 5.21. The van der Waals surface area contributed by atoms with Crippen molar-refractivity contribution in [1.82, 2.24) is 19.2 Å². The van der Waals surface area contributed by atoms with Crippen molar-refractivity contribution in [3.8, 4) is 6.07 Å². The number of pyridine rings is 1. The molecule has 3 heterocycles. The Labute approximate surface area is 200 Å². The summed E-state index contributed by atoms with van der Waals surface area (Å²) >= 11 is 0. The van der Waals surface area contributed by atoms with Gasteiger partial charge in [0.1, 0.15) is 12.1 Å². The van der Waals surface area contributed by atoms with Crippen LogP contribution in [-0.2, 0) is 20.2 Å². The summed E-state index contributed by atoms with van der Waals surface area (Å²) in [7, 11) is 1.75. The maximum atomic E-state index is 12.8. The van der Waals surface area contributed by atoms with Crippen LogP contribution in [0.2, 0.25) is 0 Å². The normalized spacial score (nSPS) is 19.9. The molecule has 0 bridgehead atoms. The van der Waals surface area contributed by atoms with Gasteiger partial charge in [-0.3, -0.25) is 14.4 Å². The molecular formula is C26H34N6O2. The molecule has 0 unspecified atom stereocenters. The van der Waals surface area contributed by atoms with Gasteiger partial charge >= 0.3 is 0 Å². The van der Waals surface area contributed by atoms with Crippen LogP contribution in [-0.4, -0.2) is 49.5 Å². The number of nitrogens with zero attached hydrogens (tertiary/aromatic N) is 6. The van der Waals surface area contributed by atoms with E-state index in [4.69, 9.17) is 5.26 Å². The molecule has 1 aromatic carbocycles. The molecule has 34 heavy (non-hydrogen) atoms. The third kappa shape index (κ3) is 4.33. The second-order valence-corrected chi connectivity index (χ2v) is 9.20. The summed E-state index contributed by atoms with van der Waals surface area (Å²) in [5, 5.41) is 23.4. The first-order valence-electron chi connectivity index (χ1n) is 12.1. The number of benzene rings is 1. The predicted octanol–water partition coefficient (Wildman–Crippen LogP) is 3.19. The highest BCUT2D eigenvalue weighted by molar-refractivity contribution is 5.88. The van der Waals surface area contributed by atoms with E-state index in [1.165, 1.54) is 5.56 Å². The van der Waals surface area contributed by atoms with Gasteiger partial charge in [-0.25, -0.2) is 0 Å². The Hall–Kier alpha value is -3.15. The van der Waals surface area contributed by atoms with Crippen LogP contribution < -0.4 is 10.5 Å². The molecule has 1 N–H and O–H groups in total. The highest BCUT2D eigenvalue weighted by atomic mass is 16.3. The fraction of sp³-hybridized carbons (Fsp3) is 0.500. The van der Waals surface area contributed by atoms with Gasteiger partial charge in [0, 0.05) is 44.3 Å². The van der Waals surface area contributed by atoms with Gasteiger partial charge in [-0.15, -0.1) is 0 Å². The summed E-state index contributed by atoms with van der Waals surface area (Å²) in [5.74, 6) is 0. The summed E-state index contributed by atoms with van der Waals surface area (Å²) in [5.41, 5.74) is 4.44. The molecule has 0 radical (unpaired) electrons. The third-order valence-corrected chi connectivity index (χ3v) is 7.27. The Kier molecular flexibility index (Phi) is 7.05. The number of piperazine rings is 1. The van der Waals surface area contributed by atoms with Crippen LogP contribution in [0.15, 0.2) is 41.3 Å². The van der Waals surface area contributed by atoms with Gasteiger partial charge in [0.2, 0.25) is 0 Å². The Morgan fingerprint density at radius 3 is 2.65 bits per heavy atom. The molecule has 1 fully saturated rings. The predicted molar refractivity (Wildman–Crippen MR) is 134 cm³/mol. The Morgan fingerprint density at radius 2 is 1.97 bits per heavy atom. The first-order valence-corrected chi connectivity index (χ1v) is 12.1. The van der Waals surface area contributed by atoms with E-state index in [2.05, 4.69) is 53.9 Å². The Morgan fingerprint density at radius 1 is 1.21 bits per heavy atom. The third-order valence-electron chi connectivity index (χ3n) is 7.27. The van der Waals surface area contributed by atoms with Crippen molar-refractivity contribution in [2.75, 3.05) is 18.0 Å². The largest absolute Gasteiger partial charge is 0.392 e. The second kappa shape index (κ2) is 10.00. The molecule has 3 atom stereocenters. The lowest BCUT2D eigenvalue weighted by Crippen LogP contribution is -2.58. The van der Waals surface area contributed by atoms with Crippen molar-refractivity contribution in [3.05, 3.63) is 58.0 Å². The Balaban J connectivity index is 1.72. The lowest BCUT2D eigenvalue weighted by atomic mass is 9.96. The van der Waals surface area contributed by atoms with Gasteiger partial charge in [0.25, 0.3) is 5.56 Å². The number of aliphatic hydroxyl groups excluding tert-OH is 1. The van der Waals surface area contributed by atoms with Crippen molar-refractivity contribution in [1.29, 1.82) is 5.26 Å². The van der Waals surface area contributed by atoms with Crippen LogP contribution >= 0.6 is 0 Å². The maximum absolute atomic E-state index is 12.8. The molecule has 2 aromatic heterocycles. The highest BCUT2D eigenvalue weighted by Crippen LogP contribution is 2.34. The average molecular weight is 463 g/mol. The summed E-state index contributed by atoms with van der Waals surface area (Å²) in [4.78, 5) is 17.8. The molecule has 1 saturated heterocycles. The minimum Gasteiger partial charge on any atom is -0.392 e. The topological polar surface area (TPSA) is 90.3 Å². The quantitative estimate of drug-likeness (QED) is 0.580. The van der Waals surface area contributed by atoms with E-state index >= 15 is 0 Å². The summed E-state index contributed by atoms with van der Waals surface area (Å²) in [6.07, 6.45) is 3.70. The smallest absolute Gasteiger partial charge is 0.252 e. The summed E-state index contributed by atoms with van der Waals surface area (Å²) < 4.78 is 3.21. The number of hydrogen-bond acceptors (Lipinski definition) is 6. The first kappa shape index (κ1) is 24.0. The van der Waals surface area contributed by atoms with Gasteiger partial charge in [0.05, 0.1) is 30.1 Å². The molecule has 8 heteroatoms. The molecule has 1 aliphatic rings. The second-order valence-electron chi connectivity index (χ2n) is 9.20. The molecular weight excluding hydrogens is 428 g/mol. The van der Waals surface area contributed by atoms with Crippen molar-refractivity contribution in [3.63, 3.8) is 0 Å². The van der Waals surface area contributed by atoms with E-state index in [0.29, 0.717) is 6.04 Å². The lowest BCUT2D eigenvalue weighted by Gasteiger charge is -2.49. The number of nitriles is 1. The highest BCUT2D eigenvalue weighted by Gasteiger charge is 2.36. The average Bonchev–Trinajstić information content (AvgIpc) is 3.29. The number of aromatic nitrogens is 3. The van der Waals surface area contributed by atoms with Crippen LogP contribution in [0.3, 0.4) is 0 Å². The zero-order chi connectivity index (χ0) is 24.4. The number of fused-ring (bicyclic) bond motifs is 1. The summed E-state index contributed by atoms with van der Waals surface area (Å²) in [6.45, 7) is 8.49. The molecule has 8 nitrogen and oxygen atoms in total. The zero-order valence-corrected chi connectivity index (χ0v) is 20.5. The van der Waals surface area contributed by atoms with Crippen LogP contribution in [0.25, 0.3) is 11.0 Å². The lowest BCUT2D eigenvalue weighted by molar-refractivity contribution is 0.101. The minimum absolute atomic E-state index is 0.0422. The Bertz CT molecular complexity index is 1260. The van der Waals surface area contributed by atoms with Gasteiger partial charge < -0.3 is 14.6 Å².